The van der Waals surface area contributed by atoms with Gasteiger partial charge in [-0.05, 0) is 23.3 Å². The zero-order valence-electron chi connectivity index (χ0n) is 9.99. The molecule has 19 heavy (non-hydrogen) atoms. The highest BCUT2D eigenvalue weighted by Gasteiger charge is 2.24. The smallest absolute Gasteiger partial charge is 0.392 e. The highest BCUT2D eigenvalue weighted by atomic mass is 35.5. The topological polar surface area (TPSA) is 32.6 Å². The first-order valence-corrected chi connectivity index (χ1v) is 5.48. The molecule has 104 valence electrons. The van der Waals surface area contributed by atoms with Gasteiger partial charge < -0.3 is 5.21 Å². The molecule has 0 atom stereocenters. The van der Waals surface area contributed by atoms with Gasteiger partial charge in [0, 0.05) is 5.03 Å². The van der Waals surface area contributed by atoms with Crippen molar-refractivity contribution in [3.05, 3.63) is 59.7 Å². The molecule has 0 spiro atoms. The fourth-order valence-electron chi connectivity index (χ4n) is 0.978. The van der Waals surface area contributed by atoms with Gasteiger partial charge in [0.15, 0.2) is 0 Å². The van der Waals surface area contributed by atoms with E-state index in [0.29, 0.717) is 11.1 Å². The van der Waals surface area contributed by atoms with Crippen LogP contribution < -0.4 is 0 Å². The number of allylic oxidation sites excluding steroid dienone is 8. The van der Waals surface area contributed by atoms with E-state index in [2.05, 4.69) is 18.3 Å². The van der Waals surface area contributed by atoms with Crippen LogP contribution in [0.15, 0.2) is 64.9 Å². The molecule has 0 saturated carbocycles. The van der Waals surface area contributed by atoms with Gasteiger partial charge in [-0.2, -0.15) is 13.2 Å². The van der Waals surface area contributed by atoms with Crippen molar-refractivity contribution in [3.63, 3.8) is 0 Å². The van der Waals surface area contributed by atoms with Crippen LogP contribution in [-0.2, 0) is 0 Å². The maximum absolute atomic E-state index is 11.9. The third-order valence-electron chi connectivity index (χ3n) is 1.88. The Morgan fingerprint density at radius 3 is 2.42 bits per heavy atom. The summed E-state index contributed by atoms with van der Waals surface area (Å²) in [6.07, 6.45) is 2.24. The van der Waals surface area contributed by atoms with Crippen molar-refractivity contribution in [2.45, 2.75) is 12.6 Å². The monoisotopic (exact) mass is 291 g/mol. The van der Waals surface area contributed by atoms with Gasteiger partial charge in [0.1, 0.15) is 0 Å². The van der Waals surface area contributed by atoms with Crippen LogP contribution in [0.5, 0.6) is 0 Å². The van der Waals surface area contributed by atoms with Crippen molar-refractivity contribution in [2.24, 2.45) is 5.16 Å². The molecule has 0 aromatic heterocycles. The highest BCUT2D eigenvalue weighted by Crippen LogP contribution is 2.22. The minimum absolute atomic E-state index is 0.0438. The summed E-state index contributed by atoms with van der Waals surface area (Å²) in [5.74, 6) is 0. The molecular weight excluding hydrogens is 279 g/mol. The molecular formula is C13H13ClF3NO. The molecule has 0 aromatic carbocycles. The zero-order valence-corrected chi connectivity index (χ0v) is 10.7. The van der Waals surface area contributed by atoms with Crippen molar-refractivity contribution in [1.82, 2.24) is 0 Å². The number of nitrogens with zero attached hydrogens (tertiary/aromatic N) is 1. The van der Waals surface area contributed by atoms with E-state index in [1.54, 1.807) is 0 Å². The molecule has 0 fully saturated rings. The Kier molecular flexibility index (Phi) is 7.60. The Balaban J connectivity index is 4.71. The van der Waals surface area contributed by atoms with Crippen LogP contribution >= 0.6 is 11.6 Å². The minimum Gasteiger partial charge on any atom is -0.411 e. The molecule has 2 nitrogen and oxygen atoms in total. The SMILES string of the molecule is C=C/C(=C\C=NO)C(=C)/C=C\C(Cl)=C/CC(F)(F)F. The second-order valence-corrected chi connectivity index (χ2v) is 3.79. The quantitative estimate of drug-likeness (QED) is 0.326. The minimum atomic E-state index is -4.28. The first-order valence-electron chi connectivity index (χ1n) is 5.10. The van der Waals surface area contributed by atoms with Crippen LogP contribution in [0.2, 0.25) is 0 Å². The number of hydrogen-bond donors (Lipinski definition) is 1. The van der Waals surface area contributed by atoms with E-state index in [1.807, 2.05) is 0 Å². The van der Waals surface area contributed by atoms with Gasteiger partial charge in [0.25, 0.3) is 0 Å². The molecule has 0 amide bonds. The molecule has 0 rings (SSSR count). The second kappa shape index (κ2) is 8.37. The fraction of sp³-hybridized carbons (Fsp3) is 0.154. The number of hydrogen-bond acceptors (Lipinski definition) is 2. The maximum atomic E-state index is 11.9. The van der Waals surface area contributed by atoms with Gasteiger partial charge in [0.05, 0.1) is 12.6 Å². The summed E-state index contributed by atoms with van der Waals surface area (Å²) in [6, 6.07) is 0. The molecule has 0 aliphatic heterocycles. The Hall–Kier alpha value is -1.75. The molecule has 0 saturated heterocycles. The first-order chi connectivity index (χ1) is 8.80. The summed E-state index contributed by atoms with van der Waals surface area (Å²) >= 11 is 5.60. The predicted octanol–water partition coefficient (Wildman–Crippen LogP) is 4.75. The fourth-order valence-corrected chi connectivity index (χ4v) is 1.12. The first kappa shape index (κ1) is 17.2. The average molecular weight is 292 g/mol. The molecule has 0 unspecified atom stereocenters. The Bertz CT molecular complexity index is 445. The lowest BCUT2D eigenvalue weighted by Gasteiger charge is -2.01. The molecule has 0 aliphatic rings. The van der Waals surface area contributed by atoms with E-state index in [9.17, 15) is 13.2 Å². The lowest BCUT2D eigenvalue weighted by Crippen LogP contribution is -2.04. The van der Waals surface area contributed by atoms with Crippen molar-refractivity contribution in [3.8, 4) is 0 Å². The third-order valence-corrected chi connectivity index (χ3v) is 2.16. The van der Waals surface area contributed by atoms with Crippen LogP contribution in [0.4, 0.5) is 13.2 Å². The third kappa shape index (κ3) is 8.90. The zero-order chi connectivity index (χ0) is 14.9. The lowest BCUT2D eigenvalue weighted by molar-refractivity contribution is -0.125. The van der Waals surface area contributed by atoms with E-state index in [0.717, 1.165) is 12.3 Å². The largest absolute Gasteiger partial charge is 0.411 e. The van der Waals surface area contributed by atoms with E-state index >= 15 is 0 Å². The van der Waals surface area contributed by atoms with Crippen LogP contribution in [0.25, 0.3) is 0 Å². The van der Waals surface area contributed by atoms with Crippen molar-refractivity contribution in [2.75, 3.05) is 0 Å². The Morgan fingerprint density at radius 2 is 1.95 bits per heavy atom. The van der Waals surface area contributed by atoms with E-state index < -0.39 is 12.6 Å². The molecule has 0 aliphatic carbocycles. The molecule has 0 heterocycles. The normalized spacial score (nSPS) is 14.3. The lowest BCUT2D eigenvalue weighted by atomic mass is 10.1. The standard InChI is InChI=1S/C13H13ClF3NO/c1-3-11(7-9-18-19)10(2)4-5-12(14)6-8-13(15,16)17/h3-7,9,19H,1-2,8H2/b5-4-,11-7+,12-6+,18-9?. The van der Waals surface area contributed by atoms with Crippen molar-refractivity contribution >= 4 is 17.8 Å². The summed E-state index contributed by atoms with van der Waals surface area (Å²) in [4.78, 5) is 0. The maximum Gasteiger partial charge on any atom is 0.392 e. The van der Waals surface area contributed by atoms with Crippen molar-refractivity contribution < 1.29 is 18.4 Å². The molecule has 0 aromatic rings. The van der Waals surface area contributed by atoms with Crippen LogP contribution in [0.1, 0.15) is 6.42 Å². The van der Waals surface area contributed by atoms with Crippen LogP contribution in [-0.4, -0.2) is 17.6 Å². The summed E-state index contributed by atoms with van der Waals surface area (Å²) in [6.45, 7) is 7.21. The van der Waals surface area contributed by atoms with Gasteiger partial charge in [-0.25, -0.2) is 0 Å². The summed E-state index contributed by atoms with van der Waals surface area (Å²) in [5.41, 5.74) is 1.02. The van der Waals surface area contributed by atoms with E-state index in [4.69, 9.17) is 16.8 Å². The molecule has 0 bridgehead atoms. The van der Waals surface area contributed by atoms with Gasteiger partial charge in [0.2, 0.25) is 0 Å². The van der Waals surface area contributed by atoms with Crippen LogP contribution in [0, 0.1) is 0 Å². The highest BCUT2D eigenvalue weighted by molar-refractivity contribution is 6.31. The van der Waals surface area contributed by atoms with Gasteiger partial charge in [-0.15, -0.1) is 0 Å². The Labute approximate surface area is 114 Å². The Morgan fingerprint density at radius 1 is 1.32 bits per heavy atom. The van der Waals surface area contributed by atoms with E-state index in [-0.39, 0.29) is 5.03 Å². The van der Waals surface area contributed by atoms with Crippen LogP contribution in [0.3, 0.4) is 0 Å². The summed E-state index contributed by atoms with van der Waals surface area (Å²) in [5, 5.41) is 11.0. The molecule has 1 N–H and O–H groups in total. The van der Waals surface area contributed by atoms with Gasteiger partial charge in [-0.1, -0.05) is 48.1 Å². The summed E-state index contributed by atoms with van der Waals surface area (Å²) < 4.78 is 35.8. The predicted molar refractivity (Wildman–Crippen MR) is 71.4 cm³/mol. The second-order valence-electron chi connectivity index (χ2n) is 3.36. The van der Waals surface area contributed by atoms with Gasteiger partial charge in [-0.3, -0.25) is 0 Å². The summed E-state index contributed by atoms with van der Waals surface area (Å²) in [7, 11) is 0. The van der Waals surface area contributed by atoms with E-state index in [1.165, 1.54) is 24.3 Å². The number of alkyl halides is 3. The van der Waals surface area contributed by atoms with Gasteiger partial charge >= 0.3 is 6.18 Å². The number of rotatable bonds is 6. The number of halogens is 4. The average Bonchev–Trinajstić information content (AvgIpc) is 2.33. The van der Waals surface area contributed by atoms with Crippen molar-refractivity contribution in [1.29, 1.82) is 0 Å². The molecule has 6 heteroatoms. The molecule has 0 radical (unpaired) electrons. The number of oxime groups is 1.